The molecule has 0 aliphatic heterocycles. The van der Waals surface area contributed by atoms with Crippen LogP contribution in [-0.2, 0) is 0 Å². The van der Waals surface area contributed by atoms with Crippen LogP contribution in [0.5, 0.6) is 0 Å². The molecule has 0 amide bonds. The second-order valence-corrected chi connectivity index (χ2v) is 2.82. The van der Waals surface area contributed by atoms with Crippen molar-refractivity contribution < 1.29 is 0 Å². The lowest BCUT2D eigenvalue weighted by molar-refractivity contribution is 0.794. The number of allylic oxidation sites excluding steroid dienone is 4. The highest BCUT2D eigenvalue weighted by molar-refractivity contribution is 5.26. The molecule has 0 aromatic carbocycles. The van der Waals surface area contributed by atoms with Crippen molar-refractivity contribution in [2.45, 2.75) is 34.6 Å². The topological polar surface area (TPSA) is 0 Å². The van der Waals surface area contributed by atoms with Gasteiger partial charge in [-0.1, -0.05) is 64.2 Å². The molecule has 70 valence electrons. The molecule has 0 radical (unpaired) electrons. The predicted octanol–water partition coefficient (Wildman–Crippen LogP) is 4.36. The summed E-state index contributed by atoms with van der Waals surface area (Å²) in [5.74, 6) is 0.537. The van der Waals surface area contributed by atoms with E-state index in [1.165, 1.54) is 5.57 Å². The summed E-state index contributed by atoms with van der Waals surface area (Å²) in [4.78, 5) is 0. The molecule has 0 bridgehead atoms. The minimum Gasteiger partial charge on any atom is -0.0988 e. The summed E-state index contributed by atoms with van der Waals surface area (Å²) < 4.78 is 0. The fourth-order valence-electron chi connectivity index (χ4n) is 0.518. The van der Waals surface area contributed by atoms with E-state index < -0.39 is 0 Å². The molecule has 0 heteroatoms. The lowest BCUT2D eigenvalue weighted by atomic mass is 10.0. The minimum absolute atomic E-state index is 0.537. The first-order chi connectivity index (χ1) is 5.57. The van der Waals surface area contributed by atoms with Gasteiger partial charge in [0.15, 0.2) is 0 Å². The molecule has 12 heavy (non-hydrogen) atoms. The van der Waals surface area contributed by atoms with Crippen molar-refractivity contribution in [3.63, 3.8) is 0 Å². The van der Waals surface area contributed by atoms with Crippen molar-refractivity contribution in [3.8, 4) is 0 Å². The fourth-order valence-corrected chi connectivity index (χ4v) is 0.518. The molecule has 0 spiro atoms. The maximum Gasteiger partial charge on any atom is -0.0225 e. The molecule has 0 unspecified atom stereocenters. The molecule has 0 aromatic heterocycles. The highest BCUT2D eigenvalue weighted by Gasteiger charge is 1.94. The Bertz CT molecular complexity index is 159. The highest BCUT2D eigenvalue weighted by atomic mass is 14.0. The van der Waals surface area contributed by atoms with Gasteiger partial charge in [0, 0.05) is 0 Å². The standard InChI is InChI=1S/C10H16.C2H6/c1-6-9(4)7-10(5)8(2)3;1-2/h6-8H,1,5H2,2-4H3;1-2H3/b9-7-;. The van der Waals surface area contributed by atoms with Gasteiger partial charge in [0.25, 0.3) is 0 Å². The Labute approximate surface area is 77.7 Å². The summed E-state index contributed by atoms with van der Waals surface area (Å²) in [7, 11) is 0. The van der Waals surface area contributed by atoms with E-state index in [1.807, 2.05) is 26.8 Å². The average molecular weight is 166 g/mol. The van der Waals surface area contributed by atoms with Crippen LogP contribution in [0.4, 0.5) is 0 Å². The van der Waals surface area contributed by atoms with Crippen LogP contribution < -0.4 is 0 Å². The summed E-state index contributed by atoms with van der Waals surface area (Å²) in [6.45, 7) is 17.9. The van der Waals surface area contributed by atoms with Gasteiger partial charge in [-0.15, -0.1) is 0 Å². The smallest absolute Gasteiger partial charge is 0.0225 e. The average Bonchev–Trinajstić information content (AvgIpc) is 2.07. The van der Waals surface area contributed by atoms with Crippen molar-refractivity contribution in [1.29, 1.82) is 0 Å². The van der Waals surface area contributed by atoms with E-state index in [1.54, 1.807) is 0 Å². The van der Waals surface area contributed by atoms with Crippen molar-refractivity contribution in [2.24, 2.45) is 5.92 Å². The molecular formula is C12H22. The van der Waals surface area contributed by atoms with E-state index in [2.05, 4.69) is 33.1 Å². The van der Waals surface area contributed by atoms with Crippen molar-refractivity contribution >= 4 is 0 Å². The van der Waals surface area contributed by atoms with Crippen LogP contribution in [0.1, 0.15) is 34.6 Å². The van der Waals surface area contributed by atoms with Crippen molar-refractivity contribution in [1.82, 2.24) is 0 Å². The Kier molecular flexibility index (Phi) is 9.56. The molecule has 0 aliphatic rings. The Balaban J connectivity index is 0. The van der Waals surface area contributed by atoms with E-state index in [-0.39, 0.29) is 0 Å². The highest BCUT2D eigenvalue weighted by Crippen LogP contribution is 2.10. The van der Waals surface area contributed by atoms with Gasteiger partial charge >= 0.3 is 0 Å². The summed E-state index contributed by atoms with van der Waals surface area (Å²) in [6.07, 6.45) is 3.91. The number of rotatable bonds is 3. The SMILES string of the molecule is C=C/C(C)=C\C(=C)C(C)C.CC. The molecule has 0 rings (SSSR count). The minimum atomic E-state index is 0.537. The fraction of sp³-hybridized carbons (Fsp3) is 0.500. The predicted molar refractivity (Wildman–Crippen MR) is 59.3 cm³/mol. The van der Waals surface area contributed by atoms with Gasteiger partial charge in [0.1, 0.15) is 0 Å². The van der Waals surface area contributed by atoms with Crippen molar-refractivity contribution in [2.75, 3.05) is 0 Å². The zero-order chi connectivity index (χ0) is 10.1. The van der Waals surface area contributed by atoms with Crippen LogP contribution in [0.2, 0.25) is 0 Å². The van der Waals surface area contributed by atoms with Gasteiger partial charge < -0.3 is 0 Å². The summed E-state index contributed by atoms with van der Waals surface area (Å²) in [6, 6.07) is 0. The van der Waals surface area contributed by atoms with Crippen LogP contribution in [0.25, 0.3) is 0 Å². The Morgan fingerprint density at radius 3 is 1.92 bits per heavy atom. The molecule has 0 saturated carbocycles. The molecule has 0 atom stereocenters. The first kappa shape index (κ1) is 13.8. The first-order valence-electron chi connectivity index (χ1n) is 4.57. The quantitative estimate of drug-likeness (QED) is 0.546. The van der Waals surface area contributed by atoms with Crippen LogP contribution >= 0.6 is 0 Å². The Morgan fingerprint density at radius 2 is 1.67 bits per heavy atom. The zero-order valence-corrected chi connectivity index (χ0v) is 9.15. The number of hydrogen-bond acceptors (Lipinski definition) is 0. The van der Waals surface area contributed by atoms with Gasteiger partial charge in [0.05, 0.1) is 0 Å². The largest absolute Gasteiger partial charge is 0.0988 e. The third-order valence-electron chi connectivity index (χ3n) is 1.48. The molecule has 0 fully saturated rings. The van der Waals surface area contributed by atoms with Gasteiger partial charge in [-0.2, -0.15) is 0 Å². The van der Waals surface area contributed by atoms with Crippen molar-refractivity contribution in [3.05, 3.63) is 36.5 Å². The van der Waals surface area contributed by atoms with E-state index in [4.69, 9.17) is 0 Å². The third-order valence-corrected chi connectivity index (χ3v) is 1.48. The van der Waals surface area contributed by atoms with E-state index in [0.717, 1.165) is 5.57 Å². The zero-order valence-electron chi connectivity index (χ0n) is 9.15. The number of hydrogen-bond donors (Lipinski definition) is 0. The first-order valence-corrected chi connectivity index (χ1v) is 4.57. The van der Waals surface area contributed by atoms with Crippen LogP contribution in [0.15, 0.2) is 36.5 Å². The third kappa shape index (κ3) is 7.33. The molecule has 0 aromatic rings. The normalized spacial score (nSPS) is 10.3. The molecular weight excluding hydrogens is 144 g/mol. The molecule has 0 nitrogen and oxygen atoms in total. The second-order valence-electron chi connectivity index (χ2n) is 2.82. The Hall–Kier alpha value is -0.780. The Morgan fingerprint density at radius 1 is 1.25 bits per heavy atom. The van der Waals surface area contributed by atoms with E-state index >= 15 is 0 Å². The lowest BCUT2D eigenvalue weighted by Gasteiger charge is -2.03. The maximum atomic E-state index is 3.92. The van der Waals surface area contributed by atoms with E-state index in [9.17, 15) is 0 Å². The van der Waals surface area contributed by atoms with Crippen LogP contribution in [0, 0.1) is 5.92 Å². The van der Waals surface area contributed by atoms with Gasteiger partial charge in [-0.25, -0.2) is 0 Å². The summed E-state index contributed by atoms with van der Waals surface area (Å²) >= 11 is 0. The summed E-state index contributed by atoms with van der Waals surface area (Å²) in [5.41, 5.74) is 2.34. The monoisotopic (exact) mass is 166 g/mol. The van der Waals surface area contributed by atoms with E-state index in [0.29, 0.717) is 5.92 Å². The van der Waals surface area contributed by atoms with Crippen LogP contribution in [0.3, 0.4) is 0 Å². The van der Waals surface area contributed by atoms with Crippen LogP contribution in [-0.4, -0.2) is 0 Å². The second kappa shape index (κ2) is 8.32. The van der Waals surface area contributed by atoms with Gasteiger partial charge in [0.2, 0.25) is 0 Å². The van der Waals surface area contributed by atoms with Gasteiger partial charge in [-0.05, 0) is 12.8 Å². The maximum absolute atomic E-state index is 3.92. The summed E-state index contributed by atoms with van der Waals surface area (Å²) in [5, 5.41) is 0. The molecule has 0 saturated heterocycles. The van der Waals surface area contributed by atoms with Gasteiger partial charge in [-0.3, -0.25) is 0 Å². The molecule has 0 aliphatic carbocycles. The molecule has 0 N–H and O–H groups in total. The lowest BCUT2D eigenvalue weighted by Crippen LogP contribution is -1.88. The molecule has 0 heterocycles.